The molecule has 5 rings (SSSR count). The Labute approximate surface area is 146 Å². The summed E-state index contributed by atoms with van der Waals surface area (Å²) in [5, 5.41) is 0. The van der Waals surface area contributed by atoms with Crippen molar-refractivity contribution in [1.29, 1.82) is 0 Å². The molecular formula is C19H12IN3. The molecular weight excluding hydrogens is 397 g/mol. The van der Waals surface area contributed by atoms with Crippen LogP contribution < -0.4 is 0 Å². The fraction of sp³-hybridized carbons (Fsp3) is 0. The van der Waals surface area contributed by atoms with Crippen LogP contribution in [0.3, 0.4) is 0 Å². The number of fused-ring (bicyclic) bond motifs is 5. The van der Waals surface area contributed by atoms with Crippen LogP contribution in [0, 0.1) is 3.57 Å². The molecule has 4 heteroatoms. The molecule has 0 aliphatic carbocycles. The monoisotopic (exact) mass is 409 g/mol. The number of nitrogens with zero attached hydrogens (tertiary/aromatic N) is 3. The number of rotatable bonds is 1. The van der Waals surface area contributed by atoms with E-state index in [1.54, 1.807) is 0 Å². The Kier molecular flexibility index (Phi) is 2.76. The minimum atomic E-state index is 0.953. The number of hydrogen-bond donors (Lipinski definition) is 0. The highest BCUT2D eigenvalue weighted by molar-refractivity contribution is 14.1. The van der Waals surface area contributed by atoms with Crippen LogP contribution in [0.5, 0.6) is 0 Å². The normalized spacial score (nSPS) is 11.7. The topological polar surface area (TPSA) is 22.2 Å². The van der Waals surface area contributed by atoms with Crippen molar-refractivity contribution in [2.75, 3.05) is 0 Å². The van der Waals surface area contributed by atoms with Crippen LogP contribution in [-0.2, 0) is 0 Å². The zero-order chi connectivity index (χ0) is 15.4. The van der Waals surface area contributed by atoms with Gasteiger partial charge in [0.2, 0.25) is 5.78 Å². The summed E-state index contributed by atoms with van der Waals surface area (Å²) < 4.78 is 5.69. The molecule has 5 aromatic rings. The highest BCUT2D eigenvalue weighted by Crippen LogP contribution is 2.29. The minimum absolute atomic E-state index is 0.953. The molecule has 2 heterocycles. The molecule has 0 N–H and O–H groups in total. The first kappa shape index (κ1) is 13.1. The van der Waals surface area contributed by atoms with E-state index in [9.17, 15) is 0 Å². The van der Waals surface area contributed by atoms with Crippen LogP contribution in [0.4, 0.5) is 0 Å². The van der Waals surface area contributed by atoms with Gasteiger partial charge in [-0.1, -0.05) is 30.3 Å². The van der Waals surface area contributed by atoms with Gasteiger partial charge < -0.3 is 0 Å². The number of aromatic nitrogens is 3. The molecule has 0 aliphatic heterocycles. The van der Waals surface area contributed by atoms with Gasteiger partial charge in [0.1, 0.15) is 0 Å². The lowest BCUT2D eigenvalue weighted by molar-refractivity contribution is 1.11. The number of imidazole rings is 2. The molecule has 3 nitrogen and oxygen atoms in total. The molecule has 0 spiro atoms. The van der Waals surface area contributed by atoms with Crippen molar-refractivity contribution in [3.63, 3.8) is 0 Å². The van der Waals surface area contributed by atoms with Crippen molar-refractivity contribution in [2.24, 2.45) is 0 Å². The standard InChI is InChI=1S/C19H12IN3/c20-13-10-11-15-18(12-13)23-17-9-5-4-8-16(17)22(19(23)21-15)14-6-2-1-3-7-14/h1-12H. The third-order valence-electron chi connectivity index (χ3n) is 4.18. The van der Waals surface area contributed by atoms with Crippen LogP contribution in [0.15, 0.2) is 72.8 Å². The van der Waals surface area contributed by atoms with Crippen LogP contribution in [0.1, 0.15) is 0 Å². The molecule has 3 aromatic carbocycles. The molecule has 0 radical (unpaired) electrons. The molecule has 0 amide bonds. The Morgan fingerprint density at radius 3 is 2.30 bits per heavy atom. The zero-order valence-corrected chi connectivity index (χ0v) is 14.3. The summed E-state index contributed by atoms with van der Waals surface area (Å²) in [6, 6.07) is 25.3. The molecule has 0 bridgehead atoms. The lowest BCUT2D eigenvalue weighted by atomic mass is 10.2. The van der Waals surface area contributed by atoms with Gasteiger partial charge in [-0.15, -0.1) is 0 Å². The quantitative estimate of drug-likeness (QED) is 0.356. The molecule has 0 saturated carbocycles. The van der Waals surface area contributed by atoms with E-state index in [0.717, 1.165) is 22.5 Å². The Morgan fingerprint density at radius 1 is 0.739 bits per heavy atom. The van der Waals surface area contributed by atoms with Crippen molar-refractivity contribution in [3.8, 4) is 5.69 Å². The third kappa shape index (κ3) is 1.84. The average molecular weight is 409 g/mol. The highest BCUT2D eigenvalue weighted by atomic mass is 127. The number of para-hydroxylation sites is 3. The zero-order valence-electron chi connectivity index (χ0n) is 12.1. The van der Waals surface area contributed by atoms with E-state index in [-0.39, 0.29) is 0 Å². The second-order valence-electron chi connectivity index (χ2n) is 5.54. The average Bonchev–Trinajstić information content (AvgIpc) is 3.10. The second-order valence-corrected chi connectivity index (χ2v) is 6.79. The molecule has 0 aliphatic rings. The molecule has 110 valence electrons. The summed E-state index contributed by atoms with van der Waals surface area (Å²) in [7, 11) is 0. The van der Waals surface area contributed by atoms with E-state index in [1.807, 2.05) is 6.07 Å². The molecule has 0 saturated heterocycles. The lowest BCUT2D eigenvalue weighted by Gasteiger charge is -2.04. The fourth-order valence-electron chi connectivity index (χ4n) is 3.20. The Morgan fingerprint density at radius 2 is 1.48 bits per heavy atom. The van der Waals surface area contributed by atoms with Gasteiger partial charge in [-0.3, -0.25) is 8.97 Å². The first-order valence-corrected chi connectivity index (χ1v) is 8.53. The van der Waals surface area contributed by atoms with Crippen molar-refractivity contribution in [3.05, 3.63) is 76.4 Å². The number of benzene rings is 3. The Bertz CT molecular complexity index is 1170. The smallest absolute Gasteiger partial charge is 0.220 e. The van der Waals surface area contributed by atoms with Crippen molar-refractivity contribution in [1.82, 2.24) is 14.0 Å². The molecule has 0 atom stereocenters. The van der Waals surface area contributed by atoms with Crippen molar-refractivity contribution >= 4 is 50.4 Å². The van der Waals surface area contributed by atoms with Crippen molar-refractivity contribution < 1.29 is 0 Å². The van der Waals surface area contributed by atoms with E-state index >= 15 is 0 Å². The fourth-order valence-corrected chi connectivity index (χ4v) is 3.68. The number of hydrogen-bond acceptors (Lipinski definition) is 1. The first-order valence-electron chi connectivity index (χ1n) is 7.45. The summed E-state index contributed by atoms with van der Waals surface area (Å²) >= 11 is 2.35. The summed E-state index contributed by atoms with van der Waals surface area (Å²) in [6.45, 7) is 0. The summed E-state index contributed by atoms with van der Waals surface area (Å²) in [5.74, 6) is 0.953. The van der Waals surface area contributed by atoms with Gasteiger partial charge in [0.15, 0.2) is 0 Å². The third-order valence-corrected chi connectivity index (χ3v) is 4.85. The largest absolute Gasteiger partial charge is 0.278 e. The van der Waals surface area contributed by atoms with E-state index in [0.29, 0.717) is 0 Å². The Hall–Kier alpha value is -2.34. The summed E-state index contributed by atoms with van der Waals surface area (Å²) in [4.78, 5) is 4.89. The van der Waals surface area contributed by atoms with E-state index in [2.05, 4.69) is 98.3 Å². The van der Waals surface area contributed by atoms with Gasteiger partial charge in [-0.2, -0.15) is 0 Å². The molecule has 0 fully saturated rings. The van der Waals surface area contributed by atoms with Gasteiger partial charge >= 0.3 is 0 Å². The van der Waals surface area contributed by atoms with Gasteiger partial charge in [-0.05, 0) is 65.1 Å². The van der Waals surface area contributed by atoms with Crippen LogP contribution in [0.25, 0.3) is 33.5 Å². The SMILES string of the molecule is Ic1ccc2nc3n(-c4ccccc4)c4ccccc4n3c2c1. The molecule has 23 heavy (non-hydrogen) atoms. The second kappa shape index (κ2) is 4.83. The predicted molar refractivity (Wildman–Crippen MR) is 102 cm³/mol. The maximum Gasteiger partial charge on any atom is 0.220 e. The van der Waals surface area contributed by atoms with Crippen LogP contribution in [-0.4, -0.2) is 14.0 Å². The van der Waals surface area contributed by atoms with E-state index < -0.39 is 0 Å². The maximum atomic E-state index is 4.89. The number of halogens is 1. The van der Waals surface area contributed by atoms with Crippen molar-refractivity contribution in [2.45, 2.75) is 0 Å². The first-order chi connectivity index (χ1) is 11.3. The Balaban J connectivity index is 2.05. The van der Waals surface area contributed by atoms with E-state index in [4.69, 9.17) is 4.98 Å². The van der Waals surface area contributed by atoms with Crippen LogP contribution in [0.2, 0.25) is 0 Å². The highest BCUT2D eigenvalue weighted by Gasteiger charge is 2.16. The van der Waals surface area contributed by atoms with Gasteiger partial charge in [0, 0.05) is 9.26 Å². The van der Waals surface area contributed by atoms with Gasteiger partial charge in [-0.25, -0.2) is 4.98 Å². The van der Waals surface area contributed by atoms with E-state index in [1.165, 1.54) is 14.6 Å². The lowest BCUT2D eigenvalue weighted by Crippen LogP contribution is -1.94. The van der Waals surface area contributed by atoms with Crippen LogP contribution >= 0.6 is 22.6 Å². The molecule has 2 aromatic heterocycles. The summed E-state index contributed by atoms with van der Waals surface area (Å²) in [5.41, 5.74) is 5.65. The summed E-state index contributed by atoms with van der Waals surface area (Å²) in [6.07, 6.45) is 0. The maximum absolute atomic E-state index is 4.89. The minimum Gasteiger partial charge on any atom is -0.278 e. The van der Waals surface area contributed by atoms with Gasteiger partial charge in [0.05, 0.1) is 22.1 Å². The predicted octanol–water partition coefficient (Wildman–Crippen LogP) is 5.04. The molecule has 0 unspecified atom stereocenters. The van der Waals surface area contributed by atoms with Gasteiger partial charge in [0.25, 0.3) is 0 Å².